The fraction of sp³-hybridized carbons (Fsp3) is 0.273. The van der Waals surface area contributed by atoms with E-state index < -0.39 is 10.0 Å². The van der Waals surface area contributed by atoms with Gasteiger partial charge in [0.2, 0.25) is 11.7 Å². The molecule has 3 aromatic rings. The Morgan fingerprint density at radius 3 is 2.24 bits per heavy atom. The van der Waals surface area contributed by atoms with Crippen molar-refractivity contribution in [3.63, 3.8) is 0 Å². The van der Waals surface area contributed by atoms with Crippen LogP contribution >= 0.6 is 11.3 Å². The minimum Gasteiger partial charge on any atom is -0.493 e. The Hall–Kier alpha value is -3.31. The highest BCUT2D eigenvalue weighted by atomic mass is 32.2. The number of nitrogens with zero attached hydrogens (tertiary/aromatic N) is 1. The zero-order valence-electron chi connectivity index (χ0n) is 18.7. The summed E-state index contributed by atoms with van der Waals surface area (Å²) in [6.07, 6.45) is 0.504. The third kappa shape index (κ3) is 6.14. The Bertz CT molecular complexity index is 1200. The molecule has 0 fully saturated rings. The molecule has 0 aliphatic heterocycles. The Morgan fingerprint density at radius 2 is 1.67 bits per heavy atom. The van der Waals surface area contributed by atoms with Crippen LogP contribution in [0.3, 0.4) is 0 Å². The van der Waals surface area contributed by atoms with Crippen LogP contribution < -0.4 is 24.2 Å². The Kier molecular flexibility index (Phi) is 7.77. The van der Waals surface area contributed by atoms with E-state index in [1.165, 1.54) is 21.3 Å². The van der Waals surface area contributed by atoms with Gasteiger partial charge in [0.1, 0.15) is 0 Å². The van der Waals surface area contributed by atoms with E-state index in [4.69, 9.17) is 14.2 Å². The molecule has 1 aromatic heterocycles. The van der Waals surface area contributed by atoms with Crippen LogP contribution in [0.5, 0.6) is 17.2 Å². The van der Waals surface area contributed by atoms with Gasteiger partial charge in [-0.3, -0.25) is 9.52 Å². The van der Waals surface area contributed by atoms with Crippen molar-refractivity contribution in [2.45, 2.75) is 24.7 Å². The van der Waals surface area contributed by atoms with E-state index in [9.17, 15) is 13.2 Å². The van der Waals surface area contributed by atoms with Crippen LogP contribution in [0.15, 0.2) is 46.7 Å². The summed E-state index contributed by atoms with van der Waals surface area (Å²) >= 11 is 1.16. The van der Waals surface area contributed by atoms with Crippen molar-refractivity contribution in [3.8, 4) is 17.2 Å². The quantitative estimate of drug-likeness (QED) is 0.442. The molecule has 9 nitrogen and oxygen atoms in total. The van der Waals surface area contributed by atoms with Crippen molar-refractivity contribution in [2.24, 2.45) is 0 Å². The molecule has 2 N–H and O–H groups in total. The number of sulfonamides is 1. The first-order valence-corrected chi connectivity index (χ1v) is 12.3. The van der Waals surface area contributed by atoms with Crippen molar-refractivity contribution in [1.29, 1.82) is 0 Å². The third-order valence-corrected chi connectivity index (χ3v) is 6.95. The number of benzene rings is 2. The molecular formula is C22H25N3O6S2. The number of rotatable bonds is 10. The molecule has 0 radical (unpaired) electrons. The Labute approximate surface area is 196 Å². The maximum atomic E-state index is 12.5. The molecule has 0 bridgehead atoms. The first-order valence-electron chi connectivity index (χ1n) is 9.89. The minimum atomic E-state index is -3.72. The number of amides is 1. The van der Waals surface area contributed by atoms with E-state index in [1.54, 1.807) is 41.8 Å². The topological polar surface area (TPSA) is 116 Å². The molecule has 176 valence electrons. The van der Waals surface area contributed by atoms with Gasteiger partial charge in [0.25, 0.3) is 10.0 Å². The average Bonchev–Trinajstić information content (AvgIpc) is 3.23. The second-order valence-electron chi connectivity index (χ2n) is 7.02. The summed E-state index contributed by atoms with van der Waals surface area (Å²) in [6.45, 7) is 1.88. The van der Waals surface area contributed by atoms with E-state index in [0.29, 0.717) is 35.1 Å². The second kappa shape index (κ2) is 10.5. The number of anilines is 2. The van der Waals surface area contributed by atoms with E-state index in [-0.39, 0.29) is 22.4 Å². The Morgan fingerprint density at radius 1 is 1.03 bits per heavy atom. The zero-order chi connectivity index (χ0) is 24.0. The molecule has 0 aliphatic rings. The molecule has 1 amide bonds. The predicted molar refractivity (Wildman–Crippen MR) is 127 cm³/mol. The highest BCUT2D eigenvalue weighted by Crippen LogP contribution is 2.40. The van der Waals surface area contributed by atoms with Crippen molar-refractivity contribution in [3.05, 3.63) is 53.0 Å². The summed E-state index contributed by atoms with van der Waals surface area (Å²) in [6, 6.07) is 9.82. The van der Waals surface area contributed by atoms with Crippen LogP contribution in [0, 0.1) is 6.92 Å². The van der Waals surface area contributed by atoms with Crippen molar-refractivity contribution >= 4 is 38.1 Å². The predicted octanol–water partition coefficient (Wildman–Crippen LogP) is 3.85. The summed E-state index contributed by atoms with van der Waals surface area (Å²) in [7, 11) is 0.770. The summed E-state index contributed by atoms with van der Waals surface area (Å²) in [4.78, 5) is 16.9. The van der Waals surface area contributed by atoms with Gasteiger partial charge in [-0.2, -0.15) is 0 Å². The smallest absolute Gasteiger partial charge is 0.263 e. The highest BCUT2D eigenvalue weighted by molar-refractivity contribution is 7.93. The number of carbonyl (C=O) groups excluding carboxylic acids is 1. The number of nitrogens with one attached hydrogen (secondary N) is 2. The number of methoxy groups -OCH3 is 3. The van der Waals surface area contributed by atoms with Crippen LogP contribution in [0.4, 0.5) is 10.8 Å². The average molecular weight is 492 g/mol. The van der Waals surface area contributed by atoms with Crippen LogP contribution in [0.25, 0.3) is 0 Å². The molecule has 33 heavy (non-hydrogen) atoms. The SMILES string of the molecule is COc1cc(NC(=O)CCc2csc(NS(=O)(=O)c3ccc(C)cc3)n2)cc(OC)c1OC. The van der Waals surface area contributed by atoms with Gasteiger partial charge in [-0.25, -0.2) is 13.4 Å². The van der Waals surface area contributed by atoms with Gasteiger partial charge < -0.3 is 19.5 Å². The maximum Gasteiger partial charge on any atom is 0.263 e. The molecule has 3 rings (SSSR count). The molecule has 0 saturated carbocycles. The van der Waals surface area contributed by atoms with Crippen LogP contribution in [0.1, 0.15) is 17.7 Å². The molecule has 0 saturated heterocycles. The molecular weight excluding hydrogens is 466 g/mol. The van der Waals surface area contributed by atoms with Crippen LogP contribution in [0.2, 0.25) is 0 Å². The molecule has 1 heterocycles. The summed E-state index contributed by atoms with van der Waals surface area (Å²) < 4.78 is 43.3. The number of aromatic nitrogens is 1. The van der Waals surface area contributed by atoms with E-state index in [1.807, 2.05) is 6.92 Å². The van der Waals surface area contributed by atoms with Gasteiger partial charge in [-0.05, 0) is 25.5 Å². The van der Waals surface area contributed by atoms with Crippen LogP contribution in [-0.4, -0.2) is 40.6 Å². The lowest BCUT2D eigenvalue weighted by atomic mass is 10.2. The zero-order valence-corrected chi connectivity index (χ0v) is 20.3. The number of aryl methyl sites for hydroxylation is 2. The summed E-state index contributed by atoms with van der Waals surface area (Å²) in [5.41, 5.74) is 2.08. The first kappa shape index (κ1) is 24.3. The Balaban J connectivity index is 1.60. The van der Waals surface area contributed by atoms with E-state index in [0.717, 1.165) is 16.9 Å². The summed E-state index contributed by atoms with van der Waals surface area (Å²) in [5, 5.41) is 4.76. The van der Waals surface area contributed by atoms with Gasteiger partial charge in [-0.1, -0.05) is 17.7 Å². The van der Waals surface area contributed by atoms with Gasteiger partial charge in [0.05, 0.1) is 31.9 Å². The van der Waals surface area contributed by atoms with Gasteiger partial charge in [0, 0.05) is 29.6 Å². The largest absolute Gasteiger partial charge is 0.493 e. The number of thiazole rings is 1. The fourth-order valence-electron chi connectivity index (χ4n) is 2.98. The second-order valence-corrected chi connectivity index (χ2v) is 9.57. The molecule has 2 aromatic carbocycles. The molecule has 0 atom stereocenters. The van der Waals surface area contributed by atoms with Crippen molar-refractivity contribution in [2.75, 3.05) is 31.4 Å². The number of hydrogen-bond acceptors (Lipinski definition) is 8. The van der Waals surface area contributed by atoms with Crippen molar-refractivity contribution in [1.82, 2.24) is 4.98 Å². The minimum absolute atomic E-state index is 0.157. The van der Waals surface area contributed by atoms with Gasteiger partial charge in [-0.15, -0.1) is 11.3 Å². The first-order chi connectivity index (χ1) is 15.7. The number of hydrogen-bond donors (Lipinski definition) is 2. The normalized spacial score (nSPS) is 11.0. The molecule has 0 aliphatic carbocycles. The number of ether oxygens (including phenoxy) is 3. The summed E-state index contributed by atoms with van der Waals surface area (Å²) in [5.74, 6) is 1.05. The van der Waals surface area contributed by atoms with E-state index in [2.05, 4.69) is 15.0 Å². The molecule has 0 unspecified atom stereocenters. The lowest BCUT2D eigenvalue weighted by Crippen LogP contribution is -2.13. The molecule has 11 heteroatoms. The highest BCUT2D eigenvalue weighted by Gasteiger charge is 2.17. The number of carbonyl (C=O) groups is 1. The van der Waals surface area contributed by atoms with E-state index >= 15 is 0 Å². The third-order valence-electron chi connectivity index (χ3n) is 4.66. The van der Waals surface area contributed by atoms with Gasteiger partial charge >= 0.3 is 0 Å². The fourth-order valence-corrected chi connectivity index (χ4v) is 4.98. The lowest BCUT2D eigenvalue weighted by molar-refractivity contribution is -0.116. The monoisotopic (exact) mass is 491 g/mol. The lowest BCUT2D eigenvalue weighted by Gasteiger charge is -2.14. The van der Waals surface area contributed by atoms with Gasteiger partial charge in [0.15, 0.2) is 16.6 Å². The molecule has 0 spiro atoms. The van der Waals surface area contributed by atoms with Crippen molar-refractivity contribution < 1.29 is 27.4 Å². The standard InChI is InChI=1S/C22H25N3O6S2/c1-14-5-8-17(9-6-14)33(27,28)25-22-24-15(13-32-22)7-10-20(26)23-16-11-18(29-2)21(31-4)19(12-16)30-3/h5-6,8-9,11-13H,7,10H2,1-4H3,(H,23,26)(H,24,25). The maximum absolute atomic E-state index is 12.5. The van der Waals surface area contributed by atoms with Crippen LogP contribution in [-0.2, 0) is 21.2 Å².